The highest BCUT2D eigenvalue weighted by Crippen LogP contribution is 2.22. The summed E-state index contributed by atoms with van der Waals surface area (Å²) in [6.07, 6.45) is 2.82. The smallest absolute Gasteiger partial charge is 0.232 e. The van der Waals surface area contributed by atoms with Gasteiger partial charge in [-0.15, -0.1) is 6.58 Å². The molecule has 1 rings (SSSR count). The van der Waals surface area contributed by atoms with Gasteiger partial charge in [-0.05, 0) is 38.1 Å². The summed E-state index contributed by atoms with van der Waals surface area (Å²) < 4.78 is 25.4. The number of sulfonamides is 1. The molecule has 1 aromatic rings. The molecule has 134 valence electrons. The molecule has 1 amide bonds. The Morgan fingerprint density at radius 2 is 1.71 bits per heavy atom. The van der Waals surface area contributed by atoms with Gasteiger partial charge in [0.05, 0.1) is 11.9 Å². The van der Waals surface area contributed by atoms with Gasteiger partial charge in [-0.3, -0.25) is 9.10 Å². The number of anilines is 2. The lowest BCUT2D eigenvalue weighted by Crippen LogP contribution is -2.34. The fraction of sp³-hybridized carbons (Fsp3) is 0.471. The molecule has 1 N–H and O–H groups in total. The Kier molecular flexibility index (Phi) is 7.78. The maximum atomic E-state index is 12.1. The number of rotatable bonds is 10. The number of hydrogen-bond acceptors (Lipinski definition) is 4. The monoisotopic (exact) mass is 353 g/mol. The number of nitrogens with zero attached hydrogens (tertiary/aromatic N) is 2. The molecular formula is C17H27N3O3S. The summed E-state index contributed by atoms with van der Waals surface area (Å²) in [5.74, 6) is -0.205. The minimum Gasteiger partial charge on any atom is -0.372 e. The van der Waals surface area contributed by atoms with Crippen LogP contribution in [0.4, 0.5) is 11.4 Å². The van der Waals surface area contributed by atoms with Gasteiger partial charge in [0.1, 0.15) is 0 Å². The molecule has 0 fully saturated rings. The number of carbonyl (C=O) groups excluding carboxylic acids is 1. The van der Waals surface area contributed by atoms with Crippen molar-refractivity contribution in [3.05, 3.63) is 36.9 Å². The summed E-state index contributed by atoms with van der Waals surface area (Å²) in [5.41, 5.74) is 1.60. The van der Waals surface area contributed by atoms with Crippen LogP contribution in [0.5, 0.6) is 0 Å². The van der Waals surface area contributed by atoms with E-state index in [0.717, 1.165) is 25.0 Å². The van der Waals surface area contributed by atoms with E-state index in [-0.39, 0.29) is 18.9 Å². The van der Waals surface area contributed by atoms with Crippen molar-refractivity contribution >= 4 is 27.3 Å². The highest BCUT2D eigenvalue weighted by molar-refractivity contribution is 7.92. The topological polar surface area (TPSA) is 69.7 Å². The normalized spacial score (nSPS) is 11.0. The first kappa shape index (κ1) is 20.0. The molecule has 1 aromatic carbocycles. The number of amides is 1. The SMILES string of the molecule is C=CCNC(=O)CCN(c1ccc(N(CC)CC)cc1)S(C)(=O)=O. The Balaban J connectivity index is 2.89. The van der Waals surface area contributed by atoms with E-state index in [1.807, 2.05) is 12.1 Å². The van der Waals surface area contributed by atoms with Gasteiger partial charge >= 0.3 is 0 Å². The molecule has 0 saturated carbocycles. The highest BCUT2D eigenvalue weighted by Gasteiger charge is 2.18. The van der Waals surface area contributed by atoms with Crippen LogP contribution in [0.2, 0.25) is 0 Å². The van der Waals surface area contributed by atoms with Gasteiger partial charge in [-0.25, -0.2) is 8.42 Å². The predicted octanol–water partition coefficient (Wildman–Crippen LogP) is 1.99. The Hall–Kier alpha value is -2.02. The van der Waals surface area contributed by atoms with E-state index in [1.165, 1.54) is 4.31 Å². The summed E-state index contributed by atoms with van der Waals surface area (Å²) in [4.78, 5) is 13.9. The van der Waals surface area contributed by atoms with Crippen LogP contribution in [0.3, 0.4) is 0 Å². The number of nitrogens with one attached hydrogen (secondary N) is 1. The maximum Gasteiger partial charge on any atom is 0.232 e. The van der Waals surface area contributed by atoms with Crippen LogP contribution < -0.4 is 14.5 Å². The molecule has 0 heterocycles. The van der Waals surface area contributed by atoms with Crippen molar-refractivity contribution in [1.29, 1.82) is 0 Å². The molecule has 0 aliphatic heterocycles. The third kappa shape index (κ3) is 5.88. The van der Waals surface area contributed by atoms with Gasteiger partial charge in [0, 0.05) is 38.3 Å². The summed E-state index contributed by atoms with van der Waals surface area (Å²) in [7, 11) is -3.46. The largest absolute Gasteiger partial charge is 0.372 e. The second kappa shape index (κ2) is 9.32. The van der Waals surface area contributed by atoms with E-state index in [4.69, 9.17) is 0 Å². The van der Waals surface area contributed by atoms with Crippen LogP contribution in [0.25, 0.3) is 0 Å². The van der Waals surface area contributed by atoms with Gasteiger partial charge in [0.15, 0.2) is 0 Å². The standard InChI is InChI=1S/C17H27N3O3S/c1-5-13-18-17(21)12-14-20(24(4,22)23)16-10-8-15(9-11-16)19(6-2)7-3/h5,8-11H,1,6-7,12-14H2,2-4H3,(H,18,21). The first-order valence-corrected chi connectivity index (χ1v) is 9.88. The van der Waals surface area contributed by atoms with Gasteiger partial charge < -0.3 is 10.2 Å². The van der Waals surface area contributed by atoms with Crippen molar-refractivity contribution in [2.45, 2.75) is 20.3 Å². The van der Waals surface area contributed by atoms with Crippen LogP contribution in [0, 0.1) is 0 Å². The fourth-order valence-corrected chi connectivity index (χ4v) is 3.31. The predicted molar refractivity (Wildman–Crippen MR) is 100 cm³/mol. The lowest BCUT2D eigenvalue weighted by Gasteiger charge is -2.25. The average Bonchev–Trinajstić information content (AvgIpc) is 2.54. The first-order valence-electron chi connectivity index (χ1n) is 8.03. The van der Waals surface area contributed by atoms with Crippen LogP contribution >= 0.6 is 0 Å². The van der Waals surface area contributed by atoms with Gasteiger partial charge in [-0.2, -0.15) is 0 Å². The van der Waals surface area contributed by atoms with E-state index in [1.54, 1.807) is 18.2 Å². The Labute approximate surface area is 145 Å². The van der Waals surface area contributed by atoms with E-state index in [9.17, 15) is 13.2 Å². The van der Waals surface area contributed by atoms with Crippen molar-refractivity contribution in [2.75, 3.05) is 41.6 Å². The van der Waals surface area contributed by atoms with Crippen LogP contribution in [0.1, 0.15) is 20.3 Å². The van der Waals surface area contributed by atoms with Crippen LogP contribution in [-0.2, 0) is 14.8 Å². The van der Waals surface area contributed by atoms with E-state index >= 15 is 0 Å². The molecule has 0 atom stereocenters. The first-order chi connectivity index (χ1) is 11.3. The zero-order valence-electron chi connectivity index (χ0n) is 14.7. The molecule has 0 radical (unpaired) electrons. The minimum absolute atomic E-state index is 0.0959. The molecule has 0 aromatic heterocycles. The quantitative estimate of drug-likeness (QED) is 0.653. The van der Waals surface area contributed by atoms with Crippen molar-refractivity contribution in [2.24, 2.45) is 0 Å². The van der Waals surface area contributed by atoms with Crippen LogP contribution in [0.15, 0.2) is 36.9 Å². The van der Waals surface area contributed by atoms with E-state index in [2.05, 4.69) is 30.6 Å². The van der Waals surface area contributed by atoms with Gasteiger partial charge in [0.2, 0.25) is 15.9 Å². The Morgan fingerprint density at radius 1 is 1.17 bits per heavy atom. The van der Waals surface area contributed by atoms with Gasteiger partial charge in [-0.1, -0.05) is 6.08 Å². The summed E-state index contributed by atoms with van der Waals surface area (Å²) in [5, 5.41) is 2.64. The molecule has 7 heteroatoms. The van der Waals surface area contributed by atoms with E-state index in [0.29, 0.717) is 12.2 Å². The molecule has 0 aliphatic carbocycles. The number of carbonyl (C=O) groups is 1. The Morgan fingerprint density at radius 3 is 2.17 bits per heavy atom. The lowest BCUT2D eigenvalue weighted by molar-refractivity contribution is -0.120. The lowest BCUT2D eigenvalue weighted by atomic mass is 10.2. The van der Waals surface area contributed by atoms with Crippen molar-refractivity contribution in [1.82, 2.24) is 5.32 Å². The van der Waals surface area contributed by atoms with Crippen molar-refractivity contribution in [3.63, 3.8) is 0 Å². The number of hydrogen-bond donors (Lipinski definition) is 1. The Bertz CT molecular complexity index is 638. The third-order valence-electron chi connectivity index (χ3n) is 3.65. The second-order valence-electron chi connectivity index (χ2n) is 5.37. The molecule has 0 aliphatic rings. The second-order valence-corrected chi connectivity index (χ2v) is 7.27. The molecule has 0 bridgehead atoms. The molecule has 6 nitrogen and oxygen atoms in total. The molecule has 24 heavy (non-hydrogen) atoms. The molecular weight excluding hydrogens is 326 g/mol. The molecule has 0 saturated heterocycles. The van der Waals surface area contributed by atoms with Crippen LogP contribution in [-0.4, -0.2) is 46.8 Å². The molecule has 0 unspecified atom stereocenters. The average molecular weight is 353 g/mol. The zero-order chi connectivity index (χ0) is 18.2. The summed E-state index contributed by atoms with van der Waals surface area (Å²) in [6.45, 7) is 9.91. The van der Waals surface area contributed by atoms with E-state index < -0.39 is 10.0 Å². The highest BCUT2D eigenvalue weighted by atomic mass is 32.2. The van der Waals surface area contributed by atoms with Crippen molar-refractivity contribution < 1.29 is 13.2 Å². The van der Waals surface area contributed by atoms with Crippen molar-refractivity contribution in [3.8, 4) is 0 Å². The maximum absolute atomic E-state index is 12.1. The fourth-order valence-electron chi connectivity index (χ4n) is 2.38. The summed E-state index contributed by atoms with van der Waals surface area (Å²) in [6, 6.07) is 7.35. The van der Waals surface area contributed by atoms with Gasteiger partial charge in [0.25, 0.3) is 0 Å². The number of benzene rings is 1. The zero-order valence-corrected chi connectivity index (χ0v) is 15.5. The summed E-state index contributed by atoms with van der Waals surface area (Å²) >= 11 is 0. The molecule has 0 spiro atoms. The third-order valence-corrected chi connectivity index (χ3v) is 4.85. The minimum atomic E-state index is -3.46.